The van der Waals surface area contributed by atoms with Crippen LogP contribution in [0.15, 0.2) is 12.2 Å². The number of rotatable bonds is 8. The summed E-state index contributed by atoms with van der Waals surface area (Å²) < 4.78 is 0. The van der Waals surface area contributed by atoms with Gasteiger partial charge in [-0.15, -0.1) is 0 Å². The minimum Gasteiger partial charge on any atom is -0.0999 e. The van der Waals surface area contributed by atoms with E-state index >= 15 is 0 Å². The van der Waals surface area contributed by atoms with E-state index in [4.69, 9.17) is 0 Å². The van der Waals surface area contributed by atoms with Crippen LogP contribution in [0.1, 0.15) is 58.3 Å². The fraction of sp³-hybridized carbons (Fsp3) is 0.750. The Morgan fingerprint density at radius 3 is 1.92 bits per heavy atom. The lowest BCUT2D eigenvalue weighted by atomic mass is 10.1. The fourth-order valence-electron chi connectivity index (χ4n) is 1.33. The van der Waals surface area contributed by atoms with E-state index in [-0.39, 0.29) is 0 Å². The molecule has 0 nitrogen and oxygen atoms in total. The maximum absolute atomic E-state index is 3.79. The van der Waals surface area contributed by atoms with Crippen LogP contribution < -0.4 is 0 Å². The van der Waals surface area contributed by atoms with Crippen LogP contribution in [-0.2, 0) is 0 Å². The van der Waals surface area contributed by atoms with Crippen molar-refractivity contribution < 1.29 is 0 Å². The largest absolute Gasteiger partial charge is 0.0999 e. The molecular formula is C12H23. The Kier molecular flexibility index (Phi) is 8.64. The van der Waals surface area contributed by atoms with Gasteiger partial charge in [-0.3, -0.25) is 0 Å². The summed E-state index contributed by atoms with van der Waals surface area (Å²) in [5.74, 6) is 0. The monoisotopic (exact) mass is 167 g/mol. The van der Waals surface area contributed by atoms with Crippen molar-refractivity contribution in [3.8, 4) is 0 Å². The fourth-order valence-corrected chi connectivity index (χ4v) is 1.33. The standard InChI is InChI=1S/C12H23/c1-4-5-6-7-8-9-10-11-12(2)3/h2-11H2,1H3. The van der Waals surface area contributed by atoms with Gasteiger partial charge >= 0.3 is 0 Å². The molecule has 0 aromatic carbocycles. The van der Waals surface area contributed by atoms with Crippen molar-refractivity contribution in [2.75, 3.05) is 0 Å². The Bertz CT molecular complexity index is 103. The minimum atomic E-state index is 1.09. The van der Waals surface area contributed by atoms with Gasteiger partial charge in [-0.05, 0) is 19.8 Å². The maximum atomic E-state index is 3.79. The first-order valence-corrected chi connectivity index (χ1v) is 5.27. The van der Waals surface area contributed by atoms with Crippen molar-refractivity contribution in [3.05, 3.63) is 19.1 Å². The van der Waals surface area contributed by atoms with Crippen molar-refractivity contribution >= 4 is 0 Å². The first kappa shape index (κ1) is 11.7. The molecule has 0 aliphatic rings. The number of allylic oxidation sites excluding steroid dienone is 1. The smallest absolute Gasteiger partial charge is 0.0286 e. The second-order valence-electron chi connectivity index (χ2n) is 3.62. The maximum Gasteiger partial charge on any atom is -0.0286 e. The third kappa shape index (κ3) is 9.74. The lowest BCUT2D eigenvalue weighted by Crippen LogP contribution is -1.80. The van der Waals surface area contributed by atoms with Gasteiger partial charge in [0.05, 0.1) is 0 Å². The molecule has 0 amide bonds. The lowest BCUT2D eigenvalue weighted by molar-refractivity contribution is 0.590. The Balaban J connectivity index is 2.86. The molecule has 0 fully saturated rings. The van der Waals surface area contributed by atoms with Crippen LogP contribution in [0.5, 0.6) is 0 Å². The molecule has 0 aliphatic carbocycles. The molecule has 0 unspecified atom stereocenters. The highest BCUT2D eigenvalue weighted by Crippen LogP contribution is 2.10. The van der Waals surface area contributed by atoms with Crippen molar-refractivity contribution in [2.45, 2.75) is 58.3 Å². The zero-order chi connectivity index (χ0) is 9.23. The summed E-state index contributed by atoms with van der Waals surface area (Å²) in [7, 11) is 0. The van der Waals surface area contributed by atoms with E-state index in [1.807, 2.05) is 0 Å². The third-order valence-corrected chi connectivity index (χ3v) is 2.13. The predicted molar refractivity (Wildman–Crippen MR) is 57.1 cm³/mol. The van der Waals surface area contributed by atoms with Gasteiger partial charge in [0.15, 0.2) is 0 Å². The summed E-state index contributed by atoms with van der Waals surface area (Å²) in [6, 6.07) is 0. The highest BCUT2D eigenvalue weighted by atomic mass is 14.0. The molecule has 0 aromatic heterocycles. The van der Waals surface area contributed by atoms with E-state index in [2.05, 4.69) is 20.4 Å². The average molecular weight is 167 g/mol. The molecule has 0 spiro atoms. The topological polar surface area (TPSA) is 0 Å². The normalized spacial score (nSPS) is 10.2. The summed E-state index contributed by atoms with van der Waals surface area (Å²) >= 11 is 0. The molecule has 0 saturated carbocycles. The van der Waals surface area contributed by atoms with Crippen molar-refractivity contribution in [3.63, 3.8) is 0 Å². The van der Waals surface area contributed by atoms with E-state index in [1.165, 1.54) is 44.9 Å². The first-order valence-electron chi connectivity index (χ1n) is 5.27. The second kappa shape index (κ2) is 8.83. The molecule has 0 aliphatic heterocycles. The first-order chi connectivity index (χ1) is 5.77. The van der Waals surface area contributed by atoms with E-state index in [9.17, 15) is 0 Å². The summed E-state index contributed by atoms with van der Waals surface area (Å²) in [6.45, 7) is 9.84. The Labute approximate surface area is 78.1 Å². The van der Waals surface area contributed by atoms with Crippen LogP contribution in [0.25, 0.3) is 0 Å². The van der Waals surface area contributed by atoms with Crippen LogP contribution in [0.2, 0.25) is 0 Å². The Hall–Kier alpha value is -0.260. The zero-order valence-electron chi connectivity index (χ0n) is 8.57. The quantitative estimate of drug-likeness (QED) is 0.466. The zero-order valence-corrected chi connectivity index (χ0v) is 8.57. The molecule has 71 valence electrons. The summed E-state index contributed by atoms with van der Waals surface area (Å²) in [4.78, 5) is 0. The van der Waals surface area contributed by atoms with Gasteiger partial charge in [0, 0.05) is 0 Å². The summed E-state index contributed by atoms with van der Waals surface area (Å²) in [6.07, 6.45) is 10.7. The molecule has 0 heteroatoms. The number of unbranched alkanes of at least 4 members (excludes halogenated alkanes) is 6. The van der Waals surface area contributed by atoms with Crippen LogP contribution >= 0.6 is 0 Å². The van der Waals surface area contributed by atoms with Gasteiger partial charge in [-0.2, -0.15) is 0 Å². The Morgan fingerprint density at radius 1 is 0.917 bits per heavy atom. The molecule has 0 N–H and O–H groups in total. The van der Waals surface area contributed by atoms with Gasteiger partial charge < -0.3 is 0 Å². The average Bonchev–Trinajstić information content (AvgIpc) is 2.02. The molecule has 0 atom stereocenters. The third-order valence-electron chi connectivity index (χ3n) is 2.13. The summed E-state index contributed by atoms with van der Waals surface area (Å²) in [5, 5.41) is 0. The van der Waals surface area contributed by atoms with Crippen LogP contribution in [0, 0.1) is 6.92 Å². The van der Waals surface area contributed by atoms with Crippen LogP contribution in [0.3, 0.4) is 0 Å². The molecule has 0 bridgehead atoms. The van der Waals surface area contributed by atoms with Gasteiger partial charge in [0.25, 0.3) is 0 Å². The molecule has 1 radical (unpaired) electrons. The van der Waals surface area contributed by atoms with E-state index in [1.54, 1.807) is 0 Å². The van der Waals surface area contributed by atoms with Gasteiger partial charge in [0.2, 0.25) is 0 Å². The van der Waals surface area contributed by atoms with E-state index in [0.29, 0.717) is 0 Å². The van der Waals surface area contributed by atoms with Crippen molar-refractivity contribution in [1.29, 1.82) is 0 Å². The van der Waals surface area contributed by atoms with Gasteiger partial charge in [-0.25, -0.2) is 0 Å². The SMILES string of the molecule is [CH2]C(=C)CCCCCCCCC. The highest BCUT2D eigenvalue weighted by molar-refractivity contribution is 4.96. The minimum absolute atomic E-state index is 1.09. The molecule has 12 heavy (non-hydrogen) atoms. The van der Waals surface area contributed by atoms with E-state index < -0.39 is 0 Å². The Morgan fingerprint density at radius 2 is 1.42 bits per heavy atom. The predicted octanol–water partition coefficient (Wildman–Crippen LogP) is 4.52. The molecular weight excluding hydrogens is 144 g/mol. The number of hydrogen-bond acceptors (Lipinski definition) is 0. The van der Waals surface area contributed by atoms with Crippen LogP contribution in [-0.4, -0.2) is 0 Å². The molecule has 0 saturated heterocycles. The molecule has 0 rings (SSSR count). The second-order valence-corrected chi connectivity index (χ2v) is 3.62. The number of hydrogen-bond donors (Lipinski definition) is 0. The molecule has 0 heterocycles. The molecule has 0 aromatic rings. The van der Waals surface area contributed by atoms with Gasteiger partial charge in [0.1, 0.15) is 0 Å². The van der Waals surface area contributed by atoms with Gasteiger partial charge in [-0.1, -0.05) is 57.6 Å². The summed E-state index contributed by atoms with van der Waals surface area (Å²) in [5.41, 5.74) is 1.09. The van der Waals surface area contributed by atoms with Crippen molar-refractivity contribution in [2.24, 2.45) is 0 Å². The van der Waals surface area contributed by atoms with Crippen molar-refractivity contribution in [1.82, 2.24) is 0 Å². The lowest BCUT2D eigenvalue weighted by Gasteiger charge is -2.00. The van der Waals surface area contributed by atoms with E-state index in [0.717, 1.165) is 12.0 Å². The van der Waals surface area contributed by atoms with Crippen LogP contribution in [0.4, 0.5) is 0 Å². The highest BCUT2D eigenvalue weighted by Gasteiger charge is 1.90.